The summed E-state index contributed by atoms with van der Waals surface area (Å²) in [5.74, 6) is -0.451. The molecule has 3 heterocycles. The minimum absolute atomic E-state index is 0.0267. The first-order valence-corrected chi connectivity index (χ1v) is 9.03. The molecule has 1 aromatic carbocycles. The summed E-state index contributed by atoms with van der Waals surface area (Å²) in [5.41, 5.74) is 0.568. The largest absolute Gasteiger partial charge is 0.573 e. The average molecular weight is 419 g/mol. The molecule has 4 rings (SSSR count). The number of carbonyl (C=O) groups is 1. The van der Waals surface area contributed by atoms with E-state index in [1.807, 2.05) is 0 Å². The fourth-order valence-corrected chi connectivity index (χ4v) is 3.38. The van der Waals surface area contributed by atoms with Crippen LogP contribution in [0, 0.1) is 11.3 Å². The van der Waals surface area contributed by atoms with Crippen LogP contribution in [0.15, 0.2) is 30.6 Å². The van der Waals surface area contributed by atoms with E-state index in [-0.39, 0.29) is 29.5 Å². The number of ether oxygens (including phenoxy) is 2. The van der Waals surface area contributed by atoms with E-state index >= 15 is 0 Å². The number of halogens is 3. The molecule has 1 spiro atoms. The Bertz CT molecular complexity index is 994. The lowest BCUT2D eigenvalue weighted by atomic mass is 9.82. The Morgan fingerprint density at radius 1 is 1.30 bits per heavy atom. The van der Waals surface area contributed by atoms with Gasteiger partial charge >= 0.3 is 6.36 Å². The molecular weight excluding hydrogens is 403 g/mol. The van der Waals surface area contributed by atoms with Crippen molar-refractivity contribution in [2.24, 2.45) is 0 Å². The monoisotopic (exact) mass is 419 g/mol. The van der Waals surface area contributed by atoms with Crippen LogP contribution in [-0.2, 0) is 11.3 Å². The van der Waals surface area contributed by atoms with Crippen LogP contribution in [0.4, 0.5) is 19.1 Å². The summed E-state index contributed by atoms with van der Waals surface area (Å²) in [4.78, 5) is 22.5. The number of nitrogens with one attached hydrogen (secondary N) is 1. The molecule has 2 aromatic rings. The number of alkyl halides is 3. The summed E-state index contributed by atoms with van der Waals surface area (Å²) >= 11 is 0. The Kier molecular flexibility index (Phi) is 4.95. The molecule has 2 fully saturated rings. The highest BCUT2D eigenvalue weighted by Crippen LogP contribution is 2.38. The van der Waals surface area contributed by atoms with E-state index in [1.165, 1.54) is 24.5 Å². The number of benzene rings is 1. The lowest BCUT2D eigenvalue weighted by Gasteiger charge is -2.57. The van der Waals surface area contributed by atoms with E-state index in [0.29, 0.717) is 30.9 Å². The van der Waals surface area contributed by atoms with Gasteiger partial charge in [0, 0.05) is 25.5 Å². The highest BCUT2D eigenvalue weighted by atomic mass is 19.4. The number of hydrogen-bond donors (Lipinski definition) is 1. The molecule has 1 aromatic heterocycles. The van der Waals surface area contributed by atoms with Crippen molar-refractivity contribution in [1.29, 1.82) is 5.26 Å². The maximum absolute atomic E-state index is 12.6. The zero-order valence-corrected chi connectivity index (χ0v) is 15.6. The van der Waals surface area contributed by atoms with Crippen molar-refractivity contribution in [3.8, 4) is 11.8 Å². The summed E-state index contributed by atoms with van der Waals surface area (Å²) in [6, 6.07) is 5.39. The Morgan fingerprint density at radius 3 is 2.57 bits per heavy atom. The van der Waals surface area contributed by atoms with Crippen molar-refractivity contribution < 1.29 is 27.4 Å². The standard InChI is InChI=1S/C19H16F3N5O3/c20-19(21,22)30-15-4-12(6-23)3-13(5-15)7-24-17-25-8-14(9-26-17)16(28)27-2-1-18(27)10-29-11-18/h3-5,8-9H,1-2,7,10-11H2,(H,24,25,26). The quantitative estimate of drug-likeness (QED) is 0.795. The van der Waals surface area contributed by atoms with Crippen LogP contribution in [0.2, 0.25) is 0 Å². The number of likely N-dealkylation sites (tertiary alicyclic amines) is 1. The van der Waals surface area contributed by atoms with Gasteiger partial charge in [0.25, 0.3) is 5.91 Å². The molecule has 30 heavy (non-hydrogen) atoms. The third-order valence-electron chi connectivity index (χ3n) is 5.04. The zero-order chi connectivity index (χ0) is 21.4. The molecule has 2 saturated heterocycles. The van der Waals surface area contributed by atoms with Crippen molar-refractivity contribution >= 4 is 11.9 Å². The summed E-state index contributed by atoms with van der Waals surface area (Å²) < 4.78 is 46.4. The fourth-order valence-electron chi connectivity index (χ4n) is 3.38. The van der Waals surface area contributed by atoms with E-state index in [0.717, 1.165) is 12.5 Å². The van der Waals surface area contributed by atoms with E-state index in [1.54, 1.807) is 11.0 Å². The highest BCUT2D eigenvalue weighted by Gasteiger charge is 2.53. The molecule has 8 nitrogen and oxygen atoms in total. The summed E-state index contributed by atoms with van der Waals surface area (Å²) in [6.45, 7) is 1.81. The second-order valence-corrected chi connectivity index (χ2v) is 7.10. The van der Waals surface area contributed by atoms with Gasteiger partial charge < -0.3 is 19.7 Å². The van der Waals surface area contributed by atoms with Crippen molar-refractivity contribution in [3.05, 3.63) is 47.3 Å². The maximum atomic E-state index is 12.6. The number of carbonyl (C=O) groups excluding carboxylic acids is 1. The fraction of sp³-hybridized carbons (Fsp3) is 0.368. The van der Waals surface area contributed by atoms with Crippen LogP contribution in [0.3, 0.4) is 0 Å². The zero-order valence-electron chi connectivity index (χ0n) is 15.6. The number of nitriles is 1. The van der Waals surface area contributed by atoms with Gasteiger partial charge in [0.1, 0.15) is 5.75 Å². The lowest BCUT2D eigenvalue weighted by molar-refractivity contribution is -0.274. The minimum Gasteiger partial charge on any atom is -0.406 e. The van der Waals surface area contributed by atoms with Gasteiger partial charge in [-0.3, -0.25) is 4.79 Å². The van der Waals surface area contributed by atoms with Gasteiger partial charge in [-0.05, 0) is 30.2 Å². The van der Waals surface area contributed by atoms with E-state index in [9.17, 15) is 18.0 Å². The van der Waals surface area contributed by atoms with Gasteiger partial charge in [-0.1, -0.05) is 0 Å². The van der Waals surface area contributed by atoms with Gasteiger partial charge in [-0.25, -0.2) is 9.97 Å². The second-order valence-electron chi connectivity index (χ2n) is 7.10. The van der Waals surface area contributed by atoms with Gasteiger partial charge in [-0.2, -0.15) is 5.26 Å². The normalized spacial score (nSPS) is 16.9. The van der Waals surface area contributed by atoms with Crippen LogP contribution >= 0.6 is 0 Å². The molecule has 0 radical (unpaired) electrons. The average Bonchev–Trinajstić information content (AvgIpc) is 2.63. The molecule has 2 aliphatic heterocycles. The summed E-state index contributed by atoms with van der Waals surface area (Å²) in [7, 11) is 0. The summed E-state index contributed by atoms with van der Waals surface area (Å²) in [5, 5.41) is 11.9. The third-order valence-corrected chi connectivity index (χ3v) is 5.04. The molecule has 1 amide bonds. The van der Waals surface area contributed by atoms with Crippen LogP contribution in [0.5, 0.6) is 5.75 Å². The predicted molar refractivity (Wildman–Crippen MR) is 96.4 cm³/mol. The predicted octanol–water partition coefficient (Wildman–Crippen LogP) is 2.47. The number of aromatic nitrogens is 2. The van der Waals surface area contributed by atoms with Crippen molar-refractivity contribution in [3.63, 3.8) is 0 Å². The number of amides is 1. The van der Waals surface area contributed by atoms with Crippen molar-refractivity contribution in [2.75, 3.05) is 25.1 Å². The molecule has 0 bridgehead atoms. The SMILES string of the molecule is N#Cc1cc(CNc2ncc(C(=O)N3CCC34COC4)cn2)cc(OC(F)(F)F)c1. The first-order valence-electron chi connectivity index (χ1n) is 9.03. The van der Waals surface area contributed by atoms with Gasteiger partial charge in [-0.15, -0.1) is 13.2 Å². The Balaban J connectivity index is 1.40. The van der Waals surface area contributed by atoms with Gasteiger partial charge in [0.2, 0.25) is 5.95 Å². The molecule has 0 aliphatic carbocycles. The molecule has 0 unspecified atom stereocenters. The number of nitrogens with zero attached hydrogens (tertiary/aromatic N) is 4. The topological polar surface area (TPSA) is 100 Å². The van der Waals surface area contributed by atoms with Crippen LogP contribution < -0.4 is 10.1 Å². The van der Waals surface area contributed by atoms with Crippen molar-refractivity contribution in [2.45, 2.75) is 24.9 Å². The number of rotatable bonds is 5. The molecular formula is C19H16F3N5O3. The minimum atomic E-state index is -4.86. The molecule has 156 valence electrons. The molecule has 0 saturated carbocycles. The van der Waals surface area contributed by atoms with Crippen LogP contribution in [-0.4, -0.2) is 52.4 Å². The first kappa shape index (κ1) is 19.9. The van der Waals surface area contributed by atoms with Crippen LogP contribution in [0.25, 0.3) is 0 Å². The second kappa shape index (κ2) is 7.46. The van der Waals surface area contributed by atoms with E-state index < -0.39 is 12.1 Å². The molecule has 11 heteroatoms. The highest BCUT2D eigenvalue weighted by molar-refractivity contribution is 5.95. The lowest BCUT2D eigenvalue weighted by Crippen LogP contribution is -2.72. The Labute approximate surface area is 169 Å². The van der Waals surface area contributed by atoms with Gasteiger partial charge in [0.15, 0.2) is 0 Å². The Hall–Kier alpha value is -3.39. The smallest absolute Gasteiger partial charge is 0.406 e. The molecule has 2 aliphatic rings. The summed E-state index contributed by atoms with van der Waals surface area (Å²) in [6.07, 6.45) is -1.15. The van der Waals surface area contributed by atoms with Gasteiger partial charge in [0.05, 0.1) is 35.9 Å². The molecule has 1 N–H and O–H groups in total. The van der Waals surface area contributed by atoms with E-state index in [2.05, 4.69) is 20.0 Å². The van der Waals surface area contributed by atoms with Crippen molar-refractivity contribution in [1.82, 2.24) is 14.9 Å². The number of hydrogen-bond acceptors (Lipinski definition) is 7. The third kappa shape index (κ3) is 3.99. The molecule has 0 atom stereocenters. The van der Waals surface area contributed by atoms with Crippen LogP contribution in [0.1, 0.15) is 27.9 Å². The number of anilines is 1. The Morgan fingerprint density at radius 2 is 2.03 bits per heavy atom. The maximum Gasteiger partial charge on any atom is 0.573 e. The first-order chi connectivity index (χ1) is 14.3. The van der Waals surface area contributed by atoms with E-state index in [4.69, 9.17) is 10.00 Å².